The van der Waals surface area contributed by atoms with Crippen molar-refractivity contribution in [2.75, 3.05) is 19.7 Å². The molecule has 2 rings (SSSR count). The molecule has 19 heavy (non-hydrogen) atoms. The van der Waals surface area contributed by atoms with E-state index in [0.29, 0.717) is 23.7 Å². The van der Waals surface area contributed by atoms with Crippen LogP contribution in [0.1, 0.15) is 30.1 Å². The van der Waals surface area contributed by atoms with Crippen LogP contribution >= 0.6 is 27.5 Å². The minimum Gasteiger partial charge on any atom is -0.376 e. The molecule has 1 aliphatic rings. The lowest BCUT2D eigenvalue weighted by atomic mass is 10.1. The van der Waals surface area contributed by atoms with Crippen molar-refractivity contribution in [3.8, 4) is 0 Å². The number of hydrogen-bond acceptors (Lipinski definition) is 2. The third-order valence-electron chi connectivity index (χ3n) is 3.23. The van der Waals surface area contributed by atoms with Crippen LogP contribution in [0.15, 0.2) is 22.7 Å². The number of carbonyl (C=O) groups is 1. The summed E-state index contributed by atoms with van der Waals surface area (Å²) in [7, 11) is 0. The van der Waals surface area contributed by atoms with Crippen LogP contribution in [0.3, 0.4) is 0 Å². The lowest BCUT2D eigenvalue weighted by Crippen LogP contribution is -2.37. The summed E-state index contributed by atoms with van der Waals surface area (Å²) in [5.41, 5.74) is 0.610. The second-order valence-electron chi connectivity index (χ2n) is 4.64. The fourth-order valence-corrected chi connectivity index (χ4v) is 3.11. The molecule has 1 heterocycles. The van der Waals surface area contributed by atoms with E-state index in [1.807, 2.05) is 11.8 Å². The number of rotatable bonds is 4. The molecule has 3 nitrogen and oxygen atoms in total. The van der Waals surface area contributed by atoms with Crippen molar-refractivity contribution in [2.45, 2.75) is 25.9 Å². The molecule has 1 fully saturated rings. The first-order chi connectivity index (χ1) is 9.10. The van der Waals surface area contributed by atoms with Gasteiger partial charge in [-0.15, -0.1) is 0 Å². The first-order valence-electron chi connectivity index (χ1n) is 6.47. The van der Waals surface area contributed by atoms with Crippen LogP contribution in [-0.2, 0) is 4.74 Å². The van der Waals surface area contributed by atoms with Gasteiger partial charge in [-0.25, -0.2) is 0 Å². The van der Waals surface area contributed by atoms with Gasteiger partial charge in [0.15, 0.2) is 0 Å². The van der Waals surface area contributed by atoms with Gasteiger partial charge in [0.1, 0.15) is 0 Å². The molecule has 0 N–H and O–H groups in total. The highest BCUT2D eigenvalue weighted by Gasteiger charge is 2.22. The van der Waals surface area contributed by atoms with E-state index >= 15 is 0 Å². The number of halogens is 2. The van der Waals surface area contributed by atoms with Crippen LogP contribution < -0.4 is 0 Å². The standard InChI is InChI=1S/C14H17BrClNO2/c1-2-17(9-13-4-3-5-19-13)14(18)10-6-11(15)8-12(16)7-10/h6-8,13H,2-5,9H2,1H3. The monoisotopic (exact) mass is 345 g/mol. The largest absolute Gasteiger partial charge is 0.376 e. The maximum atomic E-state index is 12.5. The van der Waals surface area contributed by atoms with E-state index in [9.17, 15) is 4.79 Å². The van der Waals surface area contributed by atoms with E-state index in [1.165, 1.54) is 0 Å². The summed E-state index contributed by atoms with van der Waals surface area (Å²) >= 11 is 9.35. The predicted octanol–water partition coefficient (Wildman–Crippen LogP) is 3.74. The average Bonchev–Trinajstić information content (AvgIpc) is 2.86. The van der Waals surface area contributed by atoms with Crippen molar-refractivity contribution in [1.82, 2.24) is 4.90 Å². The highest BCUT2D eigenvalue weighted by atomic mass is 79.9. The van der Waals surface area contributed by atoms with Gasteiger partial charge in [-0.1, -0.05) is 27.5 Å². The van der Waals surface area contributed by atoms with E-state index in [4.69, 9.17) is 16.3 Å². The molecule has 1 atom stereocenters. The minimum atomic E-state index is 0.00111. The van der Waals surface area contributed by atoms with E-state index < -0.39 is 0 Å². The normalized spacial score (nSPS) is 18.6. The molecule has 1 unspecified atom stereocenters. The molecule has 1 aromatic rings. The number of likely N-dealkylation sites (N-methyl/N-ethyl adjacent to an activating group) is 1. The molecule has 5 heteroatoms. The molecule has 0 aromatic heterocycles. The van der Waals surface area contributed by atoms with Gasteiger partial charge in [0, 0.05) is 34.8 Å². The Bertz CT molecular complexity index is 441. The van der Waals surface area contributed by atoms with Crippen LogP contribution in [0.25, 0.3) is 0 Å². The Hall–Kier alpha value is -0.580. The quantitative estimate of drug-likeness (QED) is 0.831. The molecule has 1 aliphatic heterocycles. The number of benzene rings is 1. The van der Waals surface area contributed by atoms with Crippen molar-refractivity contribution < 1.29 is 9.53 Å². The third kappa shape index (κ3) is 3.94. The molecule has 0 spiro atoms. The number of amides is 1. The summed E-state index contributed by atoms with van der Waals surface area (Å²) in [6.07, 6.45) is 2.29. The Balaban J connectivity index is 2.10. The zero-order valence-corrected chi connectivity index (χ0v) is 13.2. The first-order valence-corrected chi connectivity index (χ1v) is 7.64. The molecular weight excluding hydrogens is 330 g/mol. The summed E-state index contributed by atoms with van der Waals surface area (Å²) < 4.78 is 6.41. The van der Waals surface area contributed by atoms with Crippen molar-refractivity contribution in [3.63, 3.8) is 0 Å². The van der Waals surface area contributed by atoms with E-state index in [0.717, 1.165) is 23.9 Å². The summed E-state index contributed by atoms with van der Waals surface area (Å²) in [5.74, 6) is 0.00111. The Kier molecular flexibility index (Phi) is 5.25. The molecule has 0 bridgehead atoms. The maximum Gasteiger partial charge on any atom is 0.254 e. The summed E-state index contributed by atoms with van der Waals surface area (Å²) in [4.78, 5) is 14.3. The first kappa shape index (κ1) is 14.8. The van der Waals surface area contributed by atoms with Gasteiger partial charge in [0.25, 0.3) is 5.91 Å². The van der Waals surface area contributed by atoms with E-state index in [2.05, 4.69) is 15.9 Å². The molecule has 0 aliphatic carbocycles. The summed E-state index contributed by atoms with van der Waals surface area (Å²) in [6.45, 7) is 4.11. The third-order valence-corrected chi connectivity index (χ3v) is 3.90. The van der Waals surface area contributed by atoms with Gasteiger partial charge in [0.05, 0.1) is 6.10 Å². The number of hydrogen-bond donors (Lipinski definition) is 0. The van der Waals surface area contributed by atoms with Crippen LogP contribution in [0.4, 0.5) is 0 Å². The number of carbonyl (C=O) groups excluding carboxylic acids is 1. The molecule has 0 radical (unpaired) electrons. The van der Waals surface area contributed by atoms with Gasteiger partial charge in [-0.05, 0) is 38.0 Å². The van der Waals surface area contributed by atoms with Crippen LogP contribution in [0.5, 0.6) is 0 Å². The maximum absolute atomic E-state index is 12.5. The van der Waals surface area contributed by atoms with Crippen molar-refractivity contribution in [2.24, 2.45) is 0 Å². The number of ether oxygens (including phenoxy) is 1. The predicted molar refractivity (Wildman–Crippen MR) is 79.7 cm³/mol. The Morgan fingerprint density at radius 1 is 1.53 bits per heavy atom. The highest BCUT2D eigenvalue weighted by Crippen LogP contribution is 2.21. The van der Waals surface area contributed by atoms with Crippen LogP contribution in [-0.4, -0.2) is 36.6 Å². The molecule has 104 valence electrons. The smallest absolute Gasteiger partial charge is 0.254 e. The van der Waals surface area contributed by atoms with Crippen LogP contribution in [0, 0.1) is 0 Å². The minimum absolute atomic E-state index is 0.00111. The van der Waals surface area contributed by atoms with E-state index in [-0.39, 0.29) is 12.0 Å². The van der Waals surface area contributed by atoms with Crippen LogP contribution in [0.2, 0.25) is 5.02 Å². The lowest BCUT2D eigenvalue weighted by molar-refractivity contribution is 0.0539. The fraction of sp³-hybridized carbons (Fsp3) is 0.500. The number of nitrogens with zero attached hydrogens (tertiary/aromatic N) is 1. The summed E-state index contributed by atoms with van der Waals surface area (Å²) in [6, 6.07) is 5.27. The zero-order valence-electron chi connectivity index (χ0n) is 10.9. The Morgan fingerprint density at radius 3 is 2.89 bits per heavy atom. The molecule has 0 saturated carbocycles. The average molecular weight is 347 g/mol. The topological polar surface area (TPSA) is 29.5 Å². The molecule has 1 saturated heterocycles. The van der Waals surface area contributed by atoms with Gasteiger partial charge in [0.2, 0.25) is 0 Å². The van der Waals surface area contributed by atoms with Gasteiger partial charge >= 0.3 is 0 Å². The van der Waals surface area contributed by atoms with Crippen molar-refractivity contribution in [1.29, 1.82) is 0 Å². The second kappa shape index (κ2) is 6.73. The van der Waals surface area contributed by atoms with Gasteiger partial charge in [-0.2, -0.15) is 0 Å². The van der Waals surface area contributed by atoms with E-state index in [1.54, 1.807) is 18.2 Å². The zero-order chi connectivity index (χ0) is 13.8. The fourth-order valence-electron chi connectivity index (χ4n) is 2.25. The summed E-state index contributed by atoms with van der Waals surface area (Å²) in [5, 5.41) is 0.561. The lowest BCUT2D eigenvalue weighted by Gasteiger charge is -2.24. The SMILES string of the molecule is CCN(CC1CCCO1)C(=O)c1cc(Cl)cc(Br)c1. The Labute approximate surface area is 127 Å². The second-order valence-corrected chi connectivity index (χ2v) is 5.99. The van der Waals surface area contributed by atoms with Gasteiger partial charge < -0.3 is 9.64 Å². The van der Waals surface area contributed by atoms with Crippen molar-refractivity contribution in [3.05, 3.63) is 33.3 Å². The van der Waals surface area contributed by atoms with Crippen molar-refractivity contribution >= 4 is 33.4 Å². The molecular formula is C14H17BrClNO2. The Morgan fingerprint density at radius 2 is 2.32 bits per heavy atom. The highest BCUT2D eigenvalue weighted by molar-refractivity contribution is 9.10. The molecule has 1 aromatic carbocycles. The molecule has 1 amide bonds. The van der Waals surface area contributed by atoms with Gasteiger partial charge in [-0.3, -0.25) is 4.79 Å².